The molecule has 0 aromatic heterocycles. The van der Waals surface area contributed by atoms with Crippen LogP contribution < -0.4 is 0 Å². The van der Waals surface area contributed by atoms with Crippen molar-refractivity contribution >= 4 is 11.7 Å². The third-order valence-electron chi connectivity index (χ3n) is 3.88. The second-order valence-corrected chi connectivity index (χ2v) is 5.66. The number of unbranched alkanes of at least 4 members (excludes halogenated alkanes) is 3. The first-order chi connectivity index (χ1) is 9.65. The molecule has 4 heteroatoms. The summed E-state index contributed by atoms with van der Waals surface area (Å²) < 4.78 is 5.45. The number of ketones is 1. The lowest BCUT2D eigenvalue weighted by molar-refractivity contribution is -0.133. The predicted molar refractivity (Wildman–Crippen MR) is 79.6 cm³/mol. The van der Waals surface area contributed by atoms with Crippen LogP contribution in [0.3, 0.4) is 0 Å². The van der Waals surface area contributed by atoms with Crippen LogP contribution in [0.1, 0.15) is 65.2 Å². The van der Waals surface area contributed by atoms with Crippen LogP contribution in [0.5, 0.6) is 0 Å². The lowest BCUT2D eigenvalue weighted by Gasteiger charge is -2.24. The van der Waals surface area contributed by atoms with E-state index in [9.17, 15) is 9.59 Å². The van der Waals surface area contributed by atoms with E-state index in [1.54, 1.807) is 6.92 Å². The highest BCUT2D eigenvalue weighted by Gasteiger charge is 2.27. The number of amides is 1. The second kappa shape index (κ2) is 9.92. The van der Waals surface area contributed by atoms with E-state index in [4.69, 9.17) is 4.74 Å². The van der Waals surface area contributed by atoms with Gasteiger partial charge in [0.05, 0.1) is 12.6 Å². The maximum Gasteiger partial charge on any atom is 0.222 e. The summed E-state index contributed by atoms with van der Waals surface area (Å²) in [6.07, 6.45) is 7.48. The zero-order chi connectivity index (χ0) is 14.8. The van der Waals surface area contributed by atoms with Crippen molar-refractivity contribution in [1.29, 1.82) is 0 Å². The number of likely N-dealkylation sites (tertiary alicyclic amines) is 1. The first kappa shape index (κ1) is 17.2. The van der Waals surface area contributed by atoms with E-state index in [-0.39, 0.29) is 11.7 Å². The molecule has 1 heterocycles. The van der Waals surface area contributed by atoms with Crippen molar-refractivity contribution in [2.24, 2.45) is 0 Å². The SMILES string of the molecule is CCOCC1CCCN1C(=O)CCCCCCC(C)=O. The Kier molecular flexibility index (Phi) is 8.51. The maximum atomic E-state index is 12.2. The molecule has 0 aromatic carbocycles. The van der Waals surface area contributed by atoms with Gasteiger partial charge in [-0.15, -0.1) is 0 Å². The molecular weight excluding hydrogens is 254 g/mol. The maximum absolute atomic E-state index is 12.2. The topological polar surface area (TPSA) is 46.6 Å². The van der Waals surface area contributed by atoms with Gasteiger partial charge >= 0.3 is 0 Å². The quantitative estimate of drug-likeness (QED) is 0.579. The van der Waals surface area contributed by atoms with Crippen molar-refractivity contribution in [2.75, 3.05) is 19.8 Å². The number of nitrogens with zero attached hydrogens (tertiary/aromatic N) is 1. The van der Waals surface area contributed by atoms with Gasteiger partial charge in [-0.1, -0.05) is 12.8 Å². The molecule has 0 radical (unpaired) electrons. The van der Waals surface area contributed by atoms with Crippen LogP contribution in [0.15, 0.2) is 0 Å². The van der Waals surface area contributed by atoms with Crippen molar-refractivity contribution in [2.45, 2.75) is 71.3 Å². The van der Waals surface area contributed by atoms with Crippen molar-refractivity contribution in [1.82, 2.24) is 4.90 Å². The minimum absolute atomic E-state index is 0.261. The molecule has 1 saturated heterocycles. The Morgan fingerprint density at radius 3 is 2.50 bits per heavy atom. The molecule has 0 aliphatic carbocycles. The molecule has 20 heavy (non-hydrogen) atoms. The van der Waals surface area contributed by atoms with Gasteiger partial charge in [0.25, 0.3) is 0 Å². The zero-order valence-corrected chi connectivity index (χ0v) is 13.0. The van der Waals surface area contributed by atoms with Gasteiger partial charge in [-0.3, -0.25) is 4.79 Å². The standard InChI is InChI=1S/C16H29NO3/c1-3-20-13-15-10-8-12-17(15)16(19)11-7-5-4-6-9-14(2)18/h15H,3-13H2,1-2H3. The number of hydrogen-bond acceptors (Lipinski definition) is 3. The fourth-order valence-corrected chi connectivity index (χ4v) is 2.74. The molecule has 0 aromatic rings. The highest BCUT2D eigenvalue weighted by atomic mass is 16.5. The van der Waals surface area contributed by atoms with E-state index < -0.39 is 0 Å². The number of hydrogen-bond donors (Lipinski definition) is 0. The third kappa shape index (κ3) is 6.51. The Labute approximate surface area is 122 Å². The summed E-state index contributed by atoms with van der Waals surface area (Å²) in [7, 11) is 0. The summed E-state index contributed by atoms with van der Waals surface area (Å²) in [5, 5.41) is 0. The van der Waals surface area contributed by atoms with Gasteiger partial charge in [0, 0.05) is 26.0 Å². The third-order valence-corrected chi connectivity index (χ3v) is 3.88. The van der Waals surface area contributed by atoms with Crippen molar-refractivity contribution in [3.8, 4) is 0 Å². The van der Waals surface area contributed by atoms with Gasteiger partial charge in [0.15, 0.2) is 0 Å². The zero-order valence-electron chi connectivity index (χ0n) is 13.0. The van der Waals surface area contributed by atoms with Gasteiger partial charge in [-0.25, -0.2) is 0 Å². The second-order valence-electron chi connectivity index (χ2n) is 5.66. The smallest absolute Gasteiger partial charge is 0.222 e. The Balaban J connectivity index is 2.13. The fraction of sp³-hybridized carbons (Fsp3) is 0.875. The molecule has 0 spiro atoms. The molecule has 0 bridgehead atoms. The van der Waals surface area contributed by atoms with E-state index in [0.717, 1.165) is 45.1 Å². The molecule has 1 atom stereocenters. The summed E-state index contributed by atoms with van der Waals surface area (Å²) in [5.41, 5.74) is 0. The lowest BCUT2D eigenvalue weighted by atomic mass is 10.1. The molecule has 1 aliphatic heterocycles. The summed E-state index contributed by atoms with van der Waals surface area (Å²) in [6.45, 7) is 5.91. The normalized spacial score (nSPS) is 18.5. The van der Waals surface area contributed by atoms with Crippen LogP contribution in [0.2, 0.25) is 0 Å². The minimum atomic E-state index is 0.261. The van der Waals surface area contributed by atoms with Gasteiger partial charge in [0.1, 0.15) is 5.78 Å². The molecule has 4 nitrogen and oxygen atoms in total. The molecule has 1 unspecified atom stereocenters. The van der Waals surface area contributed by atoms with E-state index in [2.05, 4.69) is 0 Å². The van der Waals surface area contributed by atoms with Crippen LogP contribution in [0.25, 0.3) is 0 Å². The fourth-order valence-electron chi connectivity index (χ4n) is 2.74. The van der Waals surface area contributed by atoms with E-state index >= 15 is 0 Å². The van der Waals surface area contributed by atoms with Gasteiger partial charge in [-0.05, 0) is 39.5 Å². The van der Waals surface area contributed by atoms with Crippen LogP contribution in [-0.4, -0.2) is 42.4 Å². The van der Waals surface area contributed by atoms with Crippen LogP contribution in [0.4, 0.5) is 0 Å². The summed E-state index contributed by atoms with van der Waals surface area (Å²) in [5.74, 6) is 0.538. The largest absolute Gasteiger partial charge is 0.380 e. The average Bonchev–Trinajstić information content (AvgIpc) is 2.88. The summed E-state index contributed by atoms with van der Waals surface area (Å²) >= 11 is 0. The van der Waals surface area contributed by atoms with Crippen LogP contribution in [-0.2, 0) is 14.3 Å². The Bertz CT molecular complexity index is 304. The van der Waals surface area contributed by atoms with Gasteiger partial charge < -0.3 is 14.4 Å². The molecule has 1 aliphatic rings. The molecule has 116 valence electrons. The number of ether oxygens (including phenoxy) is 1. The van der Waals surface area contributed by atoms with E-state index in [0.29, 0.717) is 32.1 Å². The van der Waals surface area contributed by atoms with Gasteiger partial charge in [0.2, 0.25) is 5.91 Å². The number of carbonyl (C=O) groups excluding carboxylic acids is 2. The minimum Gasteiger partial charge on any atom is -0.380 e. The first-order valence-corrected chi connectivity index (χ1v) is 8.01. The van der Waals surface area contributed by atoms with Gasteiger partial charge in [-0.2, -0.15) is 0 Å². The van der Waals surface area contributed by atoms with Crippen LogP contribution in [0, 0.1) is 0 Å². The Morgan fingerprint density at radius 2 is 1.85 bits per heavy atom. The molecular formula is C16H29NO3. The molecule has 0 saturated carbocycles. The molecule has 1 fully saturated rings. The molecule has 1 rings (SSSR count). The number of Topliss-reactive ketones (excluding diaryl/α,β-unsaturated/α-hetero) is 1. The van der Waals surface area contributed by atoms with Crippen molar-refractivity contribution < 1.29 is 14.3 Å². The van der Waals surface area contributed by atoms with Crippen molar-refractivity contribution in [3.05, 3.63) is 0 Å². The summed E-state index contributed by atoms with van der Waals surface area (Å²) in [6, 6.07) is 0.292. The highest BCUT2D eigenvalue weighted by molar-refractivity contribution is 5.76. The molecule has 1 amide bonds. The number of rotatable bonds is 10. The predicted octanol–water partition coefficient (Wildman–Crippen LogP) is 2.94. The Morgan fingerprint density at radius 1 is 1.15 bits per heavy atom. The van der Waals surface area contributed by atoms with E-state index in [1.165, 1.54) is 0 Å². The highest BCUT2D eigenvalue weighted by Crippen LogP contribution is 2.19. The van der Waals surface area contributed by atoms with Crippen molar-refractivity contribution in [3.63, 3.8) is 0 Å². The molecule has 0 N–H and O–H groups in total. The summed E-state index contributed by atoms with van der Waals surface area (Å²) in [4.78, 5) is 25.0. The van der Waals surface area contributed by atoms with E-state index in [1.807, 2.05) is 11.8 Å². The van der Waals surface area contributed by atoms with Crippen LogP contribution >= 0.6 is 0 Å². The average molecular weight is 283 g/mol. The number of carbonyl (C=O) groups is 2. The Hall–Kier alpha value is -0.900. The monoisotopic (exact) mass is 283 g/mol. The lowest BCUT2D eigenvalue weighted by Crippen LogP contribution is -2.38. The first-order valence-electron chi connectivity index (χ1n) is 8.01.